The molecule has 0 aliphatic carbocycles. The van der Waals surface area contributed by atoms with Gasteiger partial charge in [0.15, 0.2) is 9.84 Å². The van der Waals surface area contributed by atoms with Gasteiger partial charge in [0, 0.05) is 38.3 Å². The number of nitriles is 1. The van der Waals surface area contributed by atoms with Gasteiger partial charge in [0.25, 0.3) is 5.69 Å². The van der Waals surface area contributed by atoms with Gasteiger partial charge in [-0.1, -0.05) is 0 Å². The number of sulfone groups is 1. The standard InChI is InChI=1S/C15H18N4O4S/c16-10-12-1-2-14(15(9-12)19(20)21)18-6-4-17(5-7-18)13-3-8-24(22,23)11-13/h1-2,9,13H,3-8,11H2. The Kier molecular flexibility index (Phi) is 4.43. The van der Waals surface area contributed by atoms with Crippen LogP contribution in [0.3, 0.4) is 0 Å². The Labute approximate surface area is 140 Å². The van der Waals surface area contributed by atoms with E-state index in [2.05, 4.69) is 4.90 Å². The number of benzene rings is 1. The lowest BCUT2D eigenvalue weighted by Crippen LogP contribution is -2.50. The van der Waals surface area contributed by atoms with Crippen LogP contribution in [0.15, 0.2) is 18.2 Å². The van der Waals surface area contributed by atoms with Crippen molar-refractivity contribution in [3.63, 3.8) is 0 Å². The molecular formula is C15H18N4O4S. The molecule has 0 spiro atoms. The zero-order valence-corrected chi connectivity index (χ0v) is 13.9. The maximum atomic E-state index is 11.6. The largest absolute Gasteiger partial charge is 0.363 e. The zero-order chi connectivity index (χ0) is 17.3. The predicted octanol–water partition coefficient (Wildman–Crippen LogP) is 0.776. The normalized spacial score (nSPS) is 23.8. The van der Waals surface area contributed by atoms with E-state index in [0.717, 1.165) is 0 Å². The van der Waals surface area contributed by atoms with Gasteiger partial charge in [-0.3, -0.25) is 15.0 Å². The molecule has 24 heavy (non-hydrogen) atoms. The molecule has 1 aromatic rings. The van der Waals surface area contributed by atoms with Crippen LogP contribution >= 0.6 is 0 Å². The topological polar surface area (TPSA) is 108 Å². The molecule has 2 saturated heterocycles. The molecule has 0 amide bonds. The fourth-order valence-electron chi connectivity index (χ4n) is 3.40. The number of piperazine rings is 1. The third kappa shape index (κ3) is 3.34. The van der Waals surface area contributed by atoms with E-state index in [1.54, 1.807) is 12.1 Å². The average Bonchev–Trinajstić information content (AvgIpc) is 2.94. The van der Waals surface area contributed by atoms with Gasteiger partial charge in [0.2, 0.25) is 0 Å². The van der Waals surface area contributed by atoms with E-state index in [1.165, 1.54) is 6.07 Å². The highest BCUT2D eigenvalue weighted by atomic mass is 32.2. The highest BCUT2D eigenvalue weighted by Crippen LogP contribution is 2.30. The molecule has 0 aromatic heterocycles. The van der Waals surface area contributed by atoms with Crippen LogP contribution in [0.25, 0.3) is 0 Å². The number of nitrogens with zero attached hydrogens (tertiary/aromatic N) is 4. The summed E-state index contributed by atoms with van der Waals surface area (Å²) in [5, 5.41) is 20.2. The molecule has 0 radical (unpaired) electrons. The van der Waals surface area contributed by atoms with Crippen molar-refractivity contribution in [3.05, 3.63) is 33.9 Å². The summed E-state index contributed by atoms with van der Waals surface area (Å²) in [4.78, 5) is 14.9. The number of nitro groups is 1. The zero-order valence-electron chi connectivity index (χ0n) is 13.1. The van der Waals surface area contributed by atoms with Gasteiger partial charge in [-0.15, -0.1) is 0 Å². The second-order valence-electron chi connectivity index (χ2n) is 6.15. The summed E-state index contributed by atoms with van der Waals surface area (Å²) in [5.41, 5.74) is 0.712. The fourth-order valence-corrected chi connectivity index (χ4v) is 5.16. The molecule has 128 valence electrons. The van der Waals surface area contributed by atoms with Crippen LogP contribution in [0.4, 0.5) is 11.4 Å². The van der Waals surface area contributed by atoms with Crippen LogP contribution in [0.2, 0.25) is 0 Å². The quantitative estimate of drug-likeness (QED) is 0.585. The summed E-state index contributed by atoms with van der Waals surface area (Å²) in [6.07, 6.45) is 0.666. The molecule has 1 aromatic carbocycles. The molecule has 0 N–H and O–H groups in total. The smallest absolute Gasteiger partial charge is 0.293 e. The minimum absolute atomic E-state index is 0.0631. The maximum absolute atomic E-state index is 11.6. The highest BCUT2D eigenvalue weighted by Gasteiger charge is 2.34. The second-order valence-corrected chi connectivity index (χ2v) is 8.38. The number of hydrogen-bond donors (Lipinski definition) is 0. The molecule has 2 aliphatic rings. The lowest BCUT2D eigenvalue weighted by atomic mass is 10.1. The predicted molar refractivity (Wildman–Crippen MR) is 88.7 cm³/mol. The van der Waals surface area contributed by atoms with E-state index in [0.29, 0.717) is 38.3 Å². The first-order valence-corrected chi connectivity index (χ1v) is 9.60. The third-order valence-corrected chi connectivity index (χ3v) is 6.43. The molecule has 2 heterocycles. The van der Waals surface area contributed by atoms with E-state index in [1.807, 2.05) is 11.0 Å². The van der Waals surface area contributed by atoms with Gasteiger partial charge in [-0.2, -0.15) is 5.26 Å². The number of hydrogen-bond acceptors (Lipinski definition) is 7. The van der Waals surface area contributed by atoms with Crippen LogP contribution in [0.1, 0.15) is 12.0 Å². The van der Waals surface area contributed by atoms with E-state index in [-0.39, 0.29) is 28.8 Å². The molecule has 2 aliphatic heterocycles. The Morgan fingerprint density at radius 1 is 1.25 bits per heavy atom. The van der Waals surface area contributed by atoms with Gasteiger partial charge in [0.05, 0.1) is 28.1 Å². The van der Waals surface area contributed by atoms with Crippen molar-refractivity contribution in [2.75, 3.05) is 42.6 Å². The molecule has 1 atom stereocenters. The molecule has 1 unspecified atom stereocenters. The van der Waals surface area contributed by atoms with Gasteiger partial charge in [-0.25, -0.2) is 8.42 Å². The monoisotopic (exact) mass is 350 g/mol. The highest BCUT2D eigenvalue weighted by molar-refractivity contribution is 7.91. The summed E-state index contributed by atoms with van der Waals surface area (Å²) < 4.78 is 23.2. The minimum atomic E-state index is -2.91. The van der Waals surface area contributed by atoms with Crippen molar-refractivity contribution in [2.45, 2.75) is 12.5 Å². The van der Waals surface area contributed by atoms with Gasteiger partial charge < -0.3 is 4.90 Å². The van der Waals surface area contributed by atoms with E-state index < -0.39 is 14.8 Å². The number of nitro benzene ring substituents is 1. The minimum Gasteiger partial charge on any atom is -0.363 e. The van der Waals surface area contributed by atoms with Crippen LogP contribution in [-0.4, -0.2) is 62.0 Å². The summed E-state index contributed by atoms with van der Waals surface area (Å²) >= 11 is 0. The first-order valence-electron chi connectivity index (χ1n) is 7.77. The van der Waals surface area contributed by atoms with E-state index in [9.17, 15) is 18.5 Å². The molecule has 0 saturated carbocycles. The fraction of sp³-hybridized carbons (Fsp3) is 0.533. The van der Waals surface area contributed by atoms with Crippen molar-refractivity contribution in [1.82, 2.24) is 4.90 Å². The van der Waals surface area contributed by atoms with Gasteiger partial charge in [0.1, 0.15) is 5.69 Å². The first kappa shape index (κ1) is 16.7. The Morgan fingerprint density at radius 3 is 2.50 bits per heavy atom. The maximum Gasteiger partial charge on any atom is 0.293 e. The SMILES string of the molecule is N#Cc1ccc(N2CCN(C3CCS(=O)(=O)C3)CC2)c([N+](=O)[O-])c1. The molecule has 0 bridgehead atoms. The van der Waals surface area contributed by atoms with E-state index in [4.69, 9.17) is 5.26 Å². The van der Waals surface area contributed by atoms with Crippen LogP contribution in [0, 0.1) is 21.4 Å². The third-order valence-electron chi connectivity index (χ3n) is 4.68. The number of rotatable bonds is 3. The Hall–Kier alpha value is -2.18. The van der Waals surface area contributed by atoms with Crippen molar-refractivity contribution >= 4 is 21.2 Å². The molecular weight excluding hydrogens is 332 g/mol. The number of anilines is 1. The molecule has 9 heteroatoms. The second kappa shape index (κ2) is 6.37. The summed E-state index contributed by atoms with van der Waals surface area (Å²) in [7, 11) is -2.91. The lowest BCUT2D eigenvalue weighted by Gasteiger charge is -2.38. The van der Waals surface area contributed by atoms with E-state index >= 15 is 0 Å². The Bertz CT molecular complexity index is 794. The van der Waals surface area contributed by atoms with Crippen molar-refractivity contribution < 1.29 is 13.3 Å². The Balaban J connectivity index is 1.71. The van der Waals surface area contributed by atoms with Crippen LogP contribution in [-0.2, 0) is 9.84 Å². The van der Waals surface area contributed by atoms with Crippen LogP contribution in [0.5, 0.6) is 0 Å². The van der Waals surface area contributed by atoms with Crippen molar-refractivity contribution in [3.8, 4) is 6.07 Å². The molecule has 3 rings (SSSR count). The first-order chi connectivity index (χ1) is 11.4. The Morgan fingerprint density at radius 2 is 1.96 bits per heavy atom. The lowest BCUT2D eigenvalue weighted by molar-refractivity contribution is -0.384. The summed E-state index contributed by atoms with van der Waals surface area (Å²) in [6.45, 7) is 2.56. The molecule has 8 nitrogen and oxygen atoms in total. The van der Waals surface area contributed by atoms with Crippen LogP contribution < -0.4 is 4.90 Å². The summed E-state index contributed by atoms with van der Waals surface area (Å²) in [6, 6.07) is 6.48. The van der Waals surface area contributed by atoms with Gasteiger partial charge >= 0.3 is 0 Å². The average molecular weight is 350 g/mol. The van der Waals surface area contributed by atoms with Gasteiger partial charge in [-0.05, 0) is 18.6 Å². The van der Waals surface area contributed by atoms with Crippen molar-refractivity contribution in [1.29, 1.82) is 5.26 Å². The molecule has 2 fully saturated rings. The summed E-state index contributed by atoms with van der Waals surface area (Å²) in [5.74, 6) is 0.461. The van der Waals surface area contributed by atoms with Crippen molar-refractivity contribution in [2.24, 2.45) is 0 Å².